The minimum atomic E-state index is -4.53. The normalized spacial score (nSPS) is 12.0. The number of carbonyl (C=O) groups excluding carboxylic acids is 1. The van der Waals surface area contributed by atoms with Gasteiger partial charge in [-0.1, -0.05) is 6.07 Å². The number of alkyl halides is 3. The highest BCUT2D eigenvalue weighted by Gasteiger charge is 2.33. The van der Waals surface area contributed by atoms with E-state index in [1.807, 2.05) is 0 Å². The van der Waals surface area contributed by atoms with Crippen molar-refractivity contribution in [3.8, 4) is 0 Å². The highest BCUT2D eigenvalue weighted by atomic mass is 19.4. The molecule has 0 bridgehead atoms. The molecular formula is C18H20F3N3O4. The van der Waals surface area contributed by atoms with Gasteiger partial charge in [-0.25, -0.2) is 4.98 Å². The molecule has 10 heteroatoms. The van der Waals surface area contributed by atoms with Gasteiger partial charge in [0.15, 0.2) is 0 Å². The van der Waals surface area contributed by atoms with E-state index in [1.54, 1.807) is 0 Å². The van der Waals surface area contributed by atoms with E-state index < -0.39 is 43.0 Å². The lowest BCUT2D eigenvalue weighted by Crippen LogP contribution is -2.57. The molecule has 0 radical (unpaired) electrons. The number of aliphatic hydroxyl groups is 3. The lowest BCUT2D eigenvalue weighted by atomic mass is 10.0. The van der Waals surface area contributed by atoms with Crippen LogP contribution in [0.3, 0.4) is 0 Å². The van der Waals surface area contributed by atoms with Gasteiger partial charge in [-0.05, 0) is 36.8 Å². The number of aromatic nitrogens is 1. The summed E-state index contributed by atoms with van der Waals surface area (Å²) in [6, 6.07) is 6.41. The molecule has 152 valence electrons. The SMILES string of the molecule is Cc1c(Nc2ncccc2C(=O)NC(CO)(CO)CO)cccc1C(F)(F)F. The predicted octanol–water partition coefficient (Wildman–Crippen LogP) is 1.60. The lowest BCUT2D eigenvalue weighted by Gasteiger charge is -2.29. The Bertz CT molecular complexity index is 831. The maximum atomic E-state index is 13.1. The van der Waals surface area contributed by atoms with Crippen molar-refractivity contribution in [3.05, 3.63) is 53.2 Å². The first-order chi connectivity index (χ1) is 13.2. The van der Waals surface area contributed by atoms with Gasteiger partial charge in [0.05, 0.1) is 30.9 Å². The van der Waals surface area contributed by atoms with Crippen molar-refractivity contribution in [1.29, 1.82) is 0 Å². The van der Waals surface area contributed by atoms with Gasteiger partial charge in [0, 0.05) is 11.9 Å². The summed E-state index contributed by atoms with van der Waals surface area (Å²) in [7, 11) is 0. The van der Waals surface area contributed by atoms with E-state index in [1.165, 1.54) is 37.4 Å². The van der Waals surface area contributed by atoms with Gasteiger partial charge in [0.2, 0.25) is 0 Å². The molecule has 0 aliphatic heterocycles. The van der Waals surface area contributed by atoms with E-state index in [2.05, 4.69) is 15.6 Å². The standard InChI is InChI=1S/C18H20F3N3O4/c1-11-13(18(19,20)21)5-2-6-14(11)23-15-12(4-3-7-22-15)16(28)24-17(8-25,9-26)10-27/h2-7,25-27H,8-10H2,1H3,(H,22,23)(H,24,28). The number of nitrogens with zero attached hydrogens (tertiary/aromatic N) is 1. The molecule has 0 aliphatic carbocycles. The number of rotatable bonds is 7. The molecule has 1 amide bonds. The molecule has 5 N–H and O–H groups in total. The largest absolute Gasteiger partial charge is 0.416 e. The van der Waals surface area contributed by atoms with Crippen molar-refractivity contribution in [2.45, 2.75) is 18.6 Å². The number of hydrogen-bond donors (Lipinski definition) is 5. The number of pyridine rings is 1. The average Bonchev–Trinajstić information content (AvgIpc) is 2.67. The van der Waals surface area contributed by atoms with E-state index in [0.29, 0.717) is 0 Å². The average molecular weight is 399 g/mol. The van der Waals surface area contributed by atoms with Gasteiger partial charge < -0.3 is 26.0 Å². The zero-order valence-corrected chi connectivity index (χ0v) is 14.9. The minimum Gasteiger partial charge on any atom is -0.394 e. The van der Waals surface area contributed by atoms with Gasteiger partial charge >= 0.3 is 6.18 Å². The van der Waals surface area contributed by atoms with E-state index in [0.717, 1.165) is 6.07 Å². The van der Waals surface area contributed by atoms with Crippen LogP contribution in [-0.4, -0.2) is 51.6 Å². The summed E-state index contributed by atoms with van der Waals surface area (Å²) < 4.78 is 39.3. The van der Waals surface area contributed by atoms with Crippen LogP contribution in [0.5, 0.6) is 0 Å². The molecule has 2 rings (SSSR count). The van der Waals surface area contributed by atoms with Crippen molar-refractivity contribution >= 4 is 17.4 Å². The second-order valence-electron chi connectivity index (χ2n) is 6.21. The molecule has 0 spiro atoms. The Kier molecular flexibility index (Phi) is 6.60. The zero-order chi connectivity index (χ0) is 20.9. The maximum Gasteiger partial charge on any atom is 0.416 e. The third-order valence-corrected chi connectivity index (χ3v) is 4.23. The quantitative estimate of drug-likeness (QED) is 0.483. The van der Waals surface area contributed by atoms with E-state index in [-0.39, 0.29) is 22.6 Å². The topological polar surface area (TPSA) is 115 Å². The van der Waals surface area contributed by atoms with Crippen molar-refractivity contribution in [2.24, 2.45) is 0 Å². The first kappa shape index (κ1) is 21.6. The lowest BCUT2D eigenvalue weighted by molar-refractivity contribution is -0.138. The molecule has 1 aromatic carbocycles. The van der Waals surface area contributed by atoms with Crippen molar-refractivity contribution < 1.29 is 33.3 Å². The Hall–Kier alpha value is -2.69. The van der Waals surface area contributed by atoms with Gasteiger partial charge in [0.1, 0.15) is 11.4 Å². The molecule has 0 fully saturated rings. The Morgan fingerprint density at radius 2 is 1.71 bits per heavy atom. The second-order valence-corrected chi connectivity index (χ2v) is 6.21. The van der Waals surface area contributed by atoms with E-state index >= 15 is 0 Å². The van der Waals surface area contributed by atoms with Crippen LogP contribution in [0.1, 0.15) is 21.5 Å². The fourth-order valence-electron chi connectivity index (χ4n) is 2.47. The number of carbonyl (C=O) groups is 1. The molecule has 0 saturated carbocycles. The third kappa shape index (κ3) is 4.58. The number of benzene rings is 1. The fraction of sp³-hybridized carbons (Fsp3) is 0.333. The van der Waals surface area contributed by atoms with E-state index in [9.17, 15) is 33.3 Å². The number of hydrogen-bond acceptors (Lipinski definition) is 6. The van der Waals surface area contributed by atoms with Gasteiger partial charge in [-0.15, -0.1) is 0 Å². The summed E-state index contributed by atoms with van der Waals surface area (Å²) in [5, 5.41) is 33.1. The summed E-state index contributed by atoms with van der Waals surface area (Å²) in [5.74, 6) is -0.803. The molecular weight excluding hydrogens is 379 g/mol. The van der Waals surface area contributed by atoms with Crippen LogP contribution >= 0.6 is 0 Å². The van der Waals surface area contributed by atoms with Crippen molar-refractivity contribution in [3.63, 3.8) is 0 Å². The molecule has 0 unspecified atom stereocenters. The van der Waals surface area contributed by atoms with Crippen molar-refractivity contribution in [2.75, 3.05) is 25.1 Å². The summed E-state index contributed by atoms with van der Waals surface area (Å²) in [5.41, 5.74) is -2.47. The van der Waals surface area contributed by atoms with Gasteiger partial charge in [0.25, 0.3) is 5.91 Å². The molecule has 1 heterocycles. The molecule has 0 aliphatic rings. The summed E-state index contributed by atoms with van der Waals surface area (Å²) in [6.45, 7) is -0.868. The highest BCUT2D eigenvalue weighted by Crippen LogP contribution is 2.35. The van der Waals surface area contributed by atoms with Crippen LogP contribution in [0.2, 0.25) is 0 Å². The zero-order valence-electron chi connectivity index (χ0n) is 14.9. The van der Waals surface area contributed by atoms with Crippen LogP contribution in [0.15, 0.2) is 36.5 Å². The molecule has 1 aromatic heterocycles. The molecule has 0 atom stereocenters. The summed E-state index contributed by atoms with van der Waals surface area (Å²) >= 11 is 0. The molecule has 2 aromatic rings. The first-order valence-corrected chi connectivity index (χ1v) is 8.21. The summed E-state index contributed by atoms with van der Waals surface area (Å²) in [6.07, 6.45) is -3.19. The Morgan fingerprint density at radius 3 is 2.29 bits per heavy atom. The molecule has 7 nitrogen and oxygen atoms in total. The third-order valence-electron chi connectivity index (χ3n) is 4.23. The van der Waals surface area contributed by atoms with Crippen LogP contribution in [0.4, 0.5) is 24.7 Å². The molecule has 28 heavy (non-hydrogen) atoms. The Balaban J connectivity index is 2.37. The Morgan fingerprint density at radius 1 is 1.07 bits per heavy atom. The number of amides is 1. The van der Waals surface area contributed by atoms with Crippen LogP contribution in [0.25, 0.3) is 0 Å². The molecule has 0 saturated heterocycles. The summed E-state index contributed by atoms with van der Waals surface area (Å²) in [4.78, 5) is 16.5. The number of nitrogens with one attached hydrogen (secondary N) is 2. The fourth-order valence-corrected chi connectivity index (χ4v) is 2.47. The van der Waals surface area contributed by atoms with Crippen molar-refractivity contribution in [1.82, 2.24) is 10.3 Å². The maximum absolute atomic E-state index is 13.1. The highest BCUT2D eigenvalue weighted by molar-refractivity contribution is 5.99. The minimum absolute atomic E-state index is 0.0230. The number of anilines is 2. The van der Waals surface area contributed by atoms with Crippen LogP contribution in [-0.2, 0) is 6.18 Å². The number of halogens is 3. The second kappa shape index (κ2) is 8.55. The van der Waals surface area contributed by atoms with Crippen LogP contribution < -0.4 is 10.6 Å². The first-order valence-electron chi connectivity index (χ1n) is 8.21. The van der Waals surface area contributed by atoms with E-state index in [4.69, 9.17) is 0 Å². The smallest absolute Gasteiger partial charge is 0.394 e. The monoisotopic (exact) mass is 399 g/mol. The van der Waals surface area contributed by atoms with Crippen LogP contribution in [0, 0.1) is 6.92 Å². The van der Waals surface area contributed by atoms with Gasteiger partial charge in [-0.3, -0.25) is 4.79 Å². The Labute approximate surface area is 158 Å². The number of aliphatic hydroxyl groups excluding tert-OH is 3. The predicted molar refractivity (Wildman–Crippen MR) is 95.2 cm³/mol. The van der Waals surface area contributed by atoms with Gasteiger partial charge in [-0.2, -0.15) is 13.2 Å².